The Bertz CT molecular complexity index is 636. The number of benzene rings is 1. The van der Waals surface area contributed by atoms with Gasteiger partial charge in [0.2, 0.25) is 5.91 Å². The maximum Gasteiger partial charge on any atom is 0.340 e. The highest BCUT2D eigenvalue weighted by Gasteiger charge is 2.31. The third-order valence-electron chi connectivity index (χ3n) is 3.63. The molecule has 1 fully saturated rings. The Labute approximate surface area is 143 Å². The Hall–Kier alpha value is -1.79. The van der Waals surface area contributed by atoms with Gasteiger partial charge in [0.15, 0.2) is 6.61 Å². The molecule has 0 bridgehead atoms. The van der Waals surface area contributed by atoms with E-state index in [1.165, 1.54) is 23.1 Å². The van der Waals surface area contributed by atoms with Crippen LogP contribution in [0.15, 0.2) is 18.2 Å². The van der Waals surface area contributed by atoms with Crippen molar-refractivity contribution in [3.05, 3.63) is 33.8 Å². The molecule has 1 heterocycles. The van der Waals surface area contributed by atoms with Crippen LogP contribution in [0.5, 0.6) is 0 Å². The first-order valence-electron chi connectivity index (χ1n) is 7.11. The van der Waals surface area contributed by atoms with Crippen molar-refractivity contribution in [1.29, 1.82) is 0 Å². The van der Waals surface area contributed by atoms with E-state index in [-0.39, 0.29) is 10.6 Å². The van der Waals surface area contributed by atoms with Gasteiger partial charge in [0.05, 0.1) is 10.6 Å². The number of nitrogens with zero attached hydrogens (tertiary/aromatic N) is 1. The number of likely N-dealkylation sites (tertiary alicyclic amines) is 1. The average molecular weight is 359 g/mol. The van der Waals surface area contributed by atoms with Gasteiger partial charge in [0.25, 0.3) is 5.91 Å². The molecule has 0 aromatic heterocycles. The highest BCUT2D eigenvalue weighted by molar-refractivity contribution is 6.36. The molecule has 8 heteroatoms. The smallest absolute Gasteiger partial charge is 0.340 e. The SMILES string of the molecule is NC(=O)[C@@H]1CCCCN1C(=O)COC(=O)c1ccc(Cl)cc1Cl. The quantitative estimate of drug-likeness (QED) is 0.833. The van der Waals surface area contributed by atoms with Crippen molar-refractivity contribution >= 4 is 41.0 Å². The fraction of sp³-hybridized carbons (Fsp3) is 0.400. The topological polar surface area (TPSA) is 89.7 Å². The summed E-state index contributed by atoms with van der Waals surface area (Å²) in [6, 6.07) is 3.69. The van der Waals surface area contributed by atoms with Crippen LogP contribution in [0.1, 0.15) is 29.6 Å². The molecular weight excluding hydrogens is 343 g/mol. The molecule has 0 spiro atoms. The number of rotatable bonds is 4. The van der Waals surface area contributed by atoms with Crippen molar-refractivity contribution in [3.8, 4) is 0 Å². The Morgan fingerprint density at radius 2 is 2.00 bits per heavy atom. The van der Waals surface area contributed by atoms with Crippen molar-refractivity contribution in [2.75, 3.05) is 13.2 Å². The van der Waals surface area contributed by atoms with E-state index in [4.69, 9.17) is 33.7 Å². The fourth-order valence-electron chi connectivity index (χ4n) is 2.47. The van der Waals surface area contributed by atoms with Crippen LogP contribution < -0.4 is 5.73 Å². The van der Waals surface area contributed by atoms with Crippen LogP contribution in [0, 0.1) is 0 Å². The summed E-state index contributed by atoms with van der Waals surface area (Å²) in [4.78, 5) is 36.9. The molecule has 23 heavy (non-hydrogen) atoms. The van der Waals surface area contributed by atoms with Crippen molar-refractivity contribution in [3.63, 3.8) is 0 Å². The van der Waals surface area contributed by atoms with Gasteiger partial charge >= 0.3 is 5.97 Å². The fourth-order valence-corrected chi connectivity index (χ4v) is 2.95. The number of primary amides is 1. The largest absolute Gasteiger partial charge is 0.452 e. The minimum atomic E-state index is -0.729. The van der Waals surface area contributed by atoms with Gasteiger partial charge in [-0.3, -0.25) is 9.59 Å². The Morgan fingerprint density at radius 1 is 1.26 bits per heavy atom. The zero-order valence-corrected chi connectivity index (χ0v) is 13.8. The summed E-state index contributed by atoms with van der Waals surface area (Å²) in [5.74, 6) is -1.73. The maximum atomic E-state index is 12.2. The van der Waals surface area contributed by atoms with Crippen molar-refractivity contribution in [2.45, 2.75) is 25.3 Å². The van der Waals surface area contributed by atoms with E-state index in [0.29, 0.717) is 18.0 Å². The highest BCUT2D eigenvalue weighted by atomic mass is 35.5. The number of carbonyl (C=O) groups excluding carboxylic acids is 3. The summed E-state index contributed by atoms with van der Waals surface area (Å²) < 4.78 is 4.98. The number of esters is 1. The molecule has 1 aromatic rings. The van der Waals surface area contributed by atoms with Crippen LogP contribution in [0.3, 0.4) is 0 Å². The van der Waals surface area contributed by atoms with Gasteiger partial charge in [0, 0.05) is 11.6 Å². The van der Waals surface area contributed by atoms with Crippen LogP contribution in [-0.4, -0.2) is 41.9 Å². The number of piperidine rings is 1. The van der Waals surface area contributed by atoms with Gasteiger partial charge in [-0.05, 0) is 37.5 Å². The highest BCUT2D eigenvalue weighted by Crippen LogP contribution is 2.22. The van der Waals surface area contributed by atoms with Crippen LogP contribution in [-0.2, 0) is 14.3 Å². The first kappa shape index (κ1) is 17.6. The third kappa shape index (κ3) is 4.36. The molecule has 2 N–H and O–H groups in total. The van der Waals surface area contributed by atoms with E-state index >= 15 is 0 Å². The summed E-state index contributed by atoms with van der Waals surface area (Å²) in [6.45, 7) is -0.0484. The van der Waals surface area contributed by atoms with Crippen LogP contribution in [0.2, 0.25) is 10.0 Å². The van der Waals surface area contributed by atoms with Gasteiger partial charge in [-0.15, -0.1) is 0 Å². The van der Waals surface area contributed by atoms with E-state index in [1.807, 2.05) is 0 Å². The maximum absolute atomic E-state index is 12.2. The summed E-state index contributed by atoms with van der Waals surface area (Å²) >= 11 is 11.7. The molecule has 1 atom stereocenters. The van der Waals surface area contributed by atoms with Gasteiger partial charge in [-0.1, -0.05) is 23.2 Å². The molecule has 124 valence electrons. The van der Waals surface area contributed by atoms with E-state index in [2.05, 4.69) is 0 Å². The third-order valence-corrected chi connectivity index (χ3v) is 4.18. The van der Waals surface area contributed by atoms with Gasteiger partial charge < -0.3 is 15.4 Å². The van der Waals surface area contributed by atoms with Crippen LogP contribution in [0.4, 0.5) is 0 Å². The van der Waals surface area contributed by atoms with Crippen molar-refractivity contribution in [1.82, 2.24) is 4.90 Å². The van der Waals surface area contributed by atoms with Crippen LogP contribution in [0.25, 0.3) is 0 Å². The average Bonchev–Trinajstić information content (AvgIpc) is 2.52. The molecule has 2 rings (SSSR count). The molecule has 1 saturated heterocycles. The number of hydrogen-bond acceptors (Lipinski definition) is 4. The van der Waals surface area contributed by atoms with E-state index in [1.54, 1.807) is 0 Å². The van der Waals surface area contributed by atoms with E-state index in [9.17, 15) is 14.4 Å². The summed E-state index contributed by atoms with van der Waals surface area (Å²) in [5, 5.41) is 0.531. The summed E-state index contributed by atoms with van der Waals surface area (Å²) in [7, 11) is 0. The minimum Gasteiger partial charge on any atom is -0.452 e. The first-order chi connectivity index (χ1) is 10.9. The Balaban J connectivity index is 1.97. The predicted molar refractivity (Wildman–Crippen MR) is 85.3 cm³/mol. The molecule has 6 nitrogen and oxygen atoms in total. The van der Waals surface area contributed by atoms with E-state index < -0.39 is 30.4 Å². The monoisotopic (exact) mass is 358 g/mol. The van der Waals surface area contributed by atoms with Crippen molar-refractivity contribution < 1.29 is 19.1 Å². The lowest BCUT2D eigenvalue weighted by molar-refractivity contribution is -0.143. The second-order valence-electron chi connectivity index (χ2n) is 5.20. The minimum absolute atomic E-state index is 0.119. The first-order valence-corrected chi connectivity index (χ1v) is 7.86. The van der Waals surface area contributed by atoms with Crippen molar-refractivity contribution in [2.24, 2.45) is 5.73 Å². The second-order valence-corrected chi connectivity index (χ2v) is 6.05. The standard InChI is InChI=1S/C15H16Cl2N2O4/c16-9-4-5-10(11(17)7-9)15(22)23-8-13(20)19-6-2-1-3-12(19)14(18)21/h4-5,7,12H,1-3,6,8H2,(H2,18,21)/t12-/m0/s1. The molecule has 0 radical (unpaired) electrons. The molecule has 2 amide bonds. The lowest BCUT2D eigenvalue weighted by Crippen LogP contribution is -2.51. The Kier molecular flexibility index (Phi) is 5.85. The number of ether oxygens (including phenoxy) is 1. The summed E-state index contributed by atoms with van der Waals surface area (Å²) in [6.07, 6.45) is 2.14. The molecular formula is C15H16Cl2N2O4. The Morgan fingerprint density at radius 3 is 2.65 bits per heavy atom. The number of amides is 2. The normalized spacial score (nSPS) is 17.7. The number of hydrogen-bond donors (Lipinski definition) is 1. The molecule has 0 unspecified atom stereocenters. The van der Waals surface area contributed by atoms with Gasteiger partial charge in [-0.25, -0.2) is 4.79 Å². The molecule has 1 aliphatic rings. The summed E-state index contributed by atoms with van der Waals surface area (Å²) in [5.41, 5.74) is 5.43. The number of halogens is 2. The molecule has 0 saturated carbocycles. The lowest BCUT2D eigenvalue weighted by atomic mass is 10.0. The number of nitrogens with two attached hydrogens (primary N) is 1. The zero-order chi connectivity index (χ0) is 17.0. The zero-order valence-electron chi connectivity index (χ0n) is 12.3. The number of carbonyl (C=O) groups is 3. The van der Waals surface area contributed by atoms with Gasteiger partial charge in [-0.2, -0.15) is 0 Å². The second kappa shape index (κ2) is 7.66. The molecule has 0 aliphatic carbocycles. The predicted octanol–water partition coefficient (Wildman–Crippen LogP) is 2.02. The molecule has 1 aromatic carbocycles. The van der Waals surface area contributed by atoms with Gasteiger partial charge in [0.1, 0.15) is 6.04 Å². The van der Waals surface area contributed by atoms with Crippen LogP contribution >= 0.6 is 23.2 Å². The molecule has 1 aliphatic heterocycles. The van der Waals surface area contributed by atoms with E-state index in [0.717, 1.165) is 12.8 Å². The lowest BCUT2D eigenvalue weighted by Gasteiger charge is -2.33.